The van der Waals surface area contributed by atoms with E-state index in [4.69, 9.17) is 0 Å². The fraction of sp³-hybridized carbons (Fsp3) is 0.364. The highest BCUT2D eigenvalue weighted by Crippen LogP contribution is 2.23. The van der Waals surface area contributed by atoms with E-state index in [1.807, 2.05) is 0 Å². The first-order valence-corrected chi connectivity index (χ1v) is 5.90. The van der Waals surface area contributed by atoms with Crippen LogP contribution in [0.15, 0.2) is 22.7 Å². The molecule has 1 aliphatic heterocycles. The lowest BCUT2D eigenvalue weighted by Crippen LogP contribution is -2.43. The van der Waals surface area contributed by atoms with Crippen molar-refractivity contribution in [2.75, 3.05) is 18.4 Å². The molecule has 2 rings (SSSR count). The minimum Gasteiger partial charge on any atom is -0.325 e. The molecule has 1 fully saturated rings. The summed E-state index contributed by atoms with van der Waals surface area (Å²) in [5.74, 6) is -0.0195. The molecule has 1 heterocycles. The van der Waals surface area contributed by atoms with Gasteiger partial charge in [-0.2, -0.15) is 0 Å². The van der Waals surface area contributed by atoms with Gasteiger partial charge in [0, 0.05) is 10.9 Å². The number of hydrogen-bond donors (Lipinski definition) is 2. The van der Waals surface area contributed by atoms with E-state index in [1.54, 1.807) is 6.07 Å². The number of nitrogens with one attached hydrogen (secondary N) is 2. The monoisotopic (exact) mass is 286 g/mol. The molecule has 2 N–H and O–H groups in total. The summed E-state index contributed by atoms with van der Waals surface area (Å²) in [7, 11) is 0. The average Bonchev–Trinajstić information content (AvgIpc) is 2.18. The van der Waals surface area contributed by atoms with Gasteiger partial charge in [-0.15, -0.1) is 0 Å². The summed E-state index contributed by atoms with van der Waals surface area (Å²) in [6.45, 7) is 1.77. The van der Waals surface area contributed by atoms with E-state index in [9.17, 15) is 9.18 Å². The minimum absolute atomic E-state index is 0.0715. The first kappa shape index (κ1) is 11.5. The highest BCUT2D eigenvalue weighted by Gasteiger charge is 2.20. The van der Waals surface area contributed by atoms with Crippen molar-refractivity contribution in [2.24, 2.45) is 5.92 Å². The number of benzene rings is 1. The zero-order chi connectivity index (χ0) is 11.5. The molecule has 0 saturated carbocycles. The van der Waals surface area contributed by atoms with Crippen molar-refractivity contribution in [1.29, 1.82) is 0 Å². The second kappa shape index (κ2) is 4.93. The second-order valence-corrected chi connectivity index (χ2v) is 4.76. The predicted molar refractivity (Wildman–Crippen MR) is 63.7 cm³/mol. The van der Waals surface area contributed by atoms with E-state index in [0.717, 1.165) is 13.1 Å². The fourth-order valence-corrected chi connectivity index (χ4v) is 1.90. The smallest absolute Gasteiger partial charge is 0.224 e. The lowest BCUT2D eigenvalue weighted by atomic mass is 9.99. The fourth-order valence-electron chi connectivity index (χ4n) is 1.55. The molecule has 1 aromatic carbocycles. The lowest BCUT2D eigenvalue weighted by Gasteiger charge is -2.26. The molecular formula is C11H12BrFN2O. The standard InChI is InChI=1S/C11H12BrFN2O/c12-9-2-1-8(13)4-10(9)15-11(16)3-7-5-14-6-7/h1-2,4,7,14H,3,5-6H2,(H,15,16). The van der Waals surface area contributed by atoms with Gasteiger partial charge in [0.1, 0.15) is 5.82 Å². The van der Waals surface area contributed by atoms with E-state index in [-0.39, 0.29) is 11.7 Å². The number of carbonyl (C=O) groups excluding carboxylic acids is 1. The van der Waals surface area contributed by atoms with Gasteiger partial charge in [-0.05, 0) is 53.1 Å². The molecule has 0 unspecified atom stereocenters. The molecule has 0 aromatic heterocycles. The van der Waals surface area contributed by atoms with Gasteiger partial charge in [0.2, 0.25) is 5.91 Å². The van der Waals surface area contributed by atoms with Crippen LogP contribution >= 0.6 is 15.9 Å². The summed E-state index contributed by atoms with van der Waals surface area (Å²) >= 11 is 3.26. The Morgan fingerprint density at radius 3 is 2.94 bits per heavy atom. The zero-order valence-corrected chi connectivity index (χ0v) is 10.2. The van der Waals surface area contributed by atoms with Gasteiger partial charge < -0.3 is 10.6 Å². The van der Waals surface area contributed by atoms with Crippen molar-refractivity contribution in [3.63, 3.8) is 0 Å². The summed E-state index contributed by atoms with van der Waals surface area (Å²) in [5.41, 5.74) is 0.484. The van der Waals surface area contributed by atoms with Gasteiger partial charge in [0.25, 0.3) is 0 Å². The van der Waals surface area contributed by atoms with E-state index in [0.29, 0.717) is 22.5 Å². The molecule has 3 nitrogen and oxygen atoms in total. The Hall–Kier alpha value is -0.940. The molecule has 0 radical (unpaired) electrons. The number of carbonyl (C=O) groups is 1. The first-order chi connectivity index (χ1) is 7.65. The third kappa shape index (κ3) is 2.80. The van der Waals surface area contributed by atoms with Crippen LogP contribution < -0.4 is 10.6 Å². The third-order valence-electron chi connectivity index (χ3n) is 2.54. The summed E-state index contributed by atoms with van der Waals surface area (Å²) in [6, 6.07) is 4.23. The number of halogens is 2. The number of rotatable bonds is 3. The molecule has 1 aromatic rings. The van der Waals surface area contributed by atoms with Gasteiger partial charge in [0.15, 0.2) is 0 Å². The molecule has 1 aliphatic rings. The molecule has 0 bridgehead atoms. The third-order valence-corrected chi connectivity index (χ3v) is 3.23. The average molecular weight is 287 g/mol. The van der Waals surface area contributed by atoms with Crippen molar-refractivity contribution in [3.05, 3.63) is 28.5 Å². The molecule has 86 valence electrons. The predicted octanol–water partition coefficient (Wildman–Crippen LogP) is 2.14. The Labute approximate surface area is 102 Å². The van der Waals surface area contributed by atoms with Crippen molar-refractivity contribution < 1.29 is 9.18 Å². The second-order valence-electron chi connectivity index (χ2n) is 3.90. The van der Waals surface area contributed by atoms with Crippen LogP contribution in [0.2, 0.25) is 0 Å². The van der Waals surface area contributed by atoms with E-state index in [2.05, 4.69) is 26.6 Å². The highest BCUT2D eigenvalue weighted by molar-refractivity contribution is 9.10. The topological polar surface area (TPSA) is 41.1 Å². The quantitative estimate of drug-likeness (QED) is 0.894. The molecule has 0 atom stereocenters. The van der Waals surface area contributed by atoms with Crippen molar-refractivity contribution >= 4 is 27.5 Å². The lowest BCUT2D eigenvalue weighted by molar-refractivity contribution is -0.117. The molecule has 1 amide bonds. The zero-order valence-electron chi connectivity index (χ0n) is 8.59. The first-order valence-electron chi connectivity index (χ1n) is 5.11. The van der Waals surface area contributed by atoms with Crippen molar-refractivity contribution in [1.82, 2.24) is 5.32 Å². The van der Waals surface area contributed by atoms with E-state index in [1.165, 1.54) is 12.1 Å². The van der Waals surface area contributed by atoms with Crippen LogP contribution in [-0.2, 0) is 4.79 Å². The van der Waals surface area contributed by atoms with Gasteiger partial charge in [-0.25, -0.2) is 4.39 Å². The molecule has 1 saturated heterocycles. The maximum atomic E-state index is 13.0. The van der Waals surface area contributed by atoms with Gasteiger partial charge in [0.05, 0.1) is 5.69 Å². The van der Waals surface area contributed by atoms with Crippen LogP contribution in [0.4, 0.5) is 10.1 Å². The number of amides is 1. The van der Waals surface area contributed by atoms with Crippen LogP contribution in [0, 0.1) is 11.7 Å². The Balaban J connectivity index is 1.96. The molecular weight excluding hydrogens is 275 g/mol. The minimum atomic E-state index is -0.358. The Morgan fingerprint density at radius 2 is 2.31 bits per heavy atom. The molecule has 0 spiro atoms. The van der Waals surface area contributed by atoms with E-state index >= 15 is 0 Å². The Morgan fingerprint density at radius 1 is 1.56 bits per heavy atom. The van der Waals surface area contributed by atoms with Crippen LogP contribution in [0.5, 0.6) is 0 Å². The summed E-state index contributed by atoms with van der Waals surface area (Å²) in [4.78, 5) is 11.6. The number of hydrogen-bond acceptors (Lipinski definition) is 2. The molecule has 16 heavy (non-hydrogen) atoms. The highest BCUT2D eigenvalue weighted by atomic mass is 79.9. The normalized spacial score (nSPS) is 15.6. The largest absolute Gasteiger partial charge is 0.325 e. The van der Waals surface area contributed by atoms with Crippen LogP contribution in [0.1, 0.15) is 6.42 Å². The maximum absolute atomic E-state index is 13.0. The Bertz CT molecular complexity index is 407. The van der Waals surface area contributed by atoms with Crippen molar-refractivity contribution in [2.45, 2.75) is 6.42 Å². The SMILES string of the molecule is O=C(CC1CNC1)Nc1cc(F)ccc1Br. The maximum Gasteiger partial charge on any atom is 0.224 e. The molecule has 0 aliphatic carbocycles. The van der Waals surface area contributed by atoms with Gasteiger partial charge in [-0.1, -0.05) is 0 Å². The van der Waals surface area contributed by atoms with E-state index < -0.39 is 0 Å². The Kier molecular flexibility index (Phi) is 3.56. The summed E-state index contributed by atoms with van der Waals surface area (Å²) < 4.78 is 13.6. The van der Waals surface area contributed by atoms with Crippen LogP contribution in [0.25, 0.3) is 0 Å². The van der Waals surface area contributed by atoms with Crippen molar-refractivity contribution in [3.8, 4) is 0 Å². The molecule has 5 heteroatoms. The summed E-state index contributed by atoms with van der Waals surface area (Å²) in [5, 5.41) is 5.80. The summed E-state index contributed by atoms with van der Waals surface area (Å²) in [6.07, 6.45) is 0.482. The number of anilines is 1. The van der Waals surface area contributed by atoms with Gasteiger partial charge >= 0.3 is 0 Å². The van der Waals surface area contributed by atoms with Gasteiger partial charge in [-0.3, -0.25) is 4.79 Å². The van der Waals surface area contributed by atoms with Crippen LogP contribution in [-0.4, -0.2) is 19.0 Å². The van der Waals surface area contributed by atoms with Crippen LogP contribution in [0.3, 0.4) is 0 Å².